The zero-order valence-corrected chi connectivity index (χ0v) is 12.5. The molecule has 4 atom stereocenters. The Morgan fingerprint density at radius 3 is 2.21 bits per heavy atom. The second kappa shape index (κ2) is 4.86. The van der Waals surface area contributed by atoms with Gasteiger partial charge >= 0.3 is 0 Å². The number of carbonyl (C=O) groups is 3. The van der Waals surface area contributed by atoms with Crippen LogP contribution in [0.25, 0.3) is 0 Å². The van der Waals surface area contributed by atoms with E-state index >= 15 is 0 Å². The first-order valence-corrected chi connectivity index (χ1v) is 7.77. The fourth-order valence-corrected chi connectivity index (χ4v) is 4.64. The van der Waals surface area contributed by atoms with E-state index in [-0.39, 0.29) is 23.2 Å². The molecule has 2 saturated carbocycles. The molecule has 24 heavy (non-hydrogen) atoms. The first-order valence-electron chi connectivity index (χ1n) is 7.77. The fourth-order valence-electron chi connectivity index (χ4n) is 4.64. The van der Waals surface area contributed by atoms with Crippen LogP contribution < -0.4 is 10.0 Å². The maximum atomic E-state index is 12.8. The van der Waals surface area contributed by atoms with E-state index in [0.29, 0.717) is 0 Å². The molecule has 8 nitrogen and oxygen atoms in total. The number of carboxylic acids is 1. The first-order chi connectivity index (χ1) is 11.4. The molecule has 2 bridgehead atoms. The maximum Gasteiger partial charge on any atom is 0.271 e. The molecular formula is C16H13N2O6-. The molecule has 1 heterocycles. The highest BCUT2D eigenvalue weighted by atomic mass is 16.6. The topological polar surface area (TPSA) is 121 Å². The molecule has 2 amide bonds. The van der Waals surface area contributed by atoms with Gasteiger partial charge in [0.2, 0.25) is 11.8 Å². The molecule has 0 spiro atoms. The molecular weight excluding hydrogens is 316 g/mol. The van der Waals surface area contributed by atoms with Crippen LogP contribution in [0.4, 0.5) is 11.4 Å². The maximum absolute atomic E-state index is 12.8. The number of carboxylic acid groups (broad SMARTS) is 1. The van der Waals surface area contributed by atoms with E-state index < -0.39 is 40.1 Å². The number of imide groups is 1. The van der Waals surface area contributed by atoms with Crippen molar-refractivity contribution < 1.29 is 24.4 Å². The Kier molecular flexibility index (Phi) is 3.00. The number of carbonyl (C=O) groups excluding carboxylic acids is 3. The minimum Gasteiger partial charge on any atom is -0.545 e. The molecule has 124 valence electrons. The lowest BCUT2D eigenvalue weighted by Crippen LogP contribution is -2.35. The van der Waals surface area contributed by atoms with Crippen molar-refractivity contribution >= 4 is 29.2 Å². The Hall–Kier alpha value is -2.77. The summed E-state index contributed by atoms with van der Waals surface area (Å²) in [6.45, 7) is 0. The summed E-state index contributed by atoms with van der Waals surface area (Å²) in [5, 5.41) is 22.3. The Morgan fingerprint density at radius 2 is 1.71 bits per heavy atom. The van der Waals surface area contributed by atoms with Crippen LogP contribution >= 0.6 is 0 Å². The van der Waals surface area contributed by atoms with E-state index in [4.69, 9.17) is 0 Å². The molecule has 1 aromatic rings. The monoisotopic (exact) mass is 329 g/mol. The summed E-state index contributed by atoms with van der Waals surface area (Å²) in [5.41, 5.74) is -1.03. The minimum absolute atomic E-state index is 0.145. The molecule has 1 aromatic carbocycles. The predicted octanol–water partition coefficient (Wildman–Crippen LogP) is 0.494. The van der Waals surface area contributed by atoms with Gasteiger partial charge in [0.15, 0.2) is 0 Å². The van der Waals surface area contributed by atoms with Gasteiger partial charge in [0.1, 0.15) is 0 Å². The van der Waals surface area contributed by atoms with Gasteiger partial charge in [-0.3, -0.25) is 19.7 Å². The third kappa shape index (κ3) is 1.82. The van der Waals surface area contributed by atoms with E-state index in [9.17, 15) is 29.6 Å². The lowest BCUT2D eigenvalue weighted by atomic mass is 9.81. The molecule has 0 N–H and O–H groups in total. The first kappa shape index (κ1) is 14.8. The Balaban J connectivity index is 1.82. The summed E-state index contributed by atoms with van der Waals surface area (Å²) in [6, 6.07) is 2.99. The van der Waals surface area contributed by atoms with Gasteiger partial charge in [0, 0.05) is 17.7 Å². The van der Waals surface area contributed by atoms with Crippen molar-refractivity contribution in [2.24, 2.45) is 23.7 Å². The lowest BCUT2D eigenvalue weighted by molar-refractivity contribution is -0.384. The van der Waals surface area contributed by atoms with Crippen molar-refractivity contribution in [2.45, 2.75) is 19.3 Å². The van der Waals surface area contributed by atoms with Crippen LogP contribution in [0.5, 0.6) is 0 Å². The number of hydrogen-bond acceptors (Lipinski definition) is 6. The van der Waals surface area contributed by atoms with Gasteiger partial charge in [-0.05, 0) is 37.2 Å². The smallest absolute Gasteiger partial charge is 0.271 e. The highest BCUT2D eigenvalue weighted by Gasteiger charge is 2.61. The van der Waals surface area contributed by atoms with Crippen LogP contribution in [0.3, 0.4) is 0 Å². The van der Waals surface area contributed by atoms with Crippen LogP contribution in [-0.2, 0) is 9.59 Å². The van der Waals surface area contributed by atoms with E-state index in [1.165, 1.54) is 0 Å². The standard InChI is InChI=1S/C16H14N2O6/c19-14-12-7-1-2-8(5-7)13(12)15(20)17(14)11-6-9(18(23)24)3-4-10(11)16(21)22/h3-4,6-8,12-13H,1-2,5H2,(H,21,22)/p-1/t7-,8+,12-,13+. The van der Waals surface area contributed by atoms with Crippen LogP contribution in [0.1, 0.15) is 29.6 Å². The number of amides is 2. The number of fused-ring (bicyclic) bond motifs is 5. The molecule has 4 rings (SSSR count). The van der Waals surface area contributed by atoms with Crippen molar-refractivity contribution in [3.05, 3.63) is 33.9 Å². The second-order valence-corrected chi connectivity index (χ2v) is 6.64. The number of nitrogens with zero attached hydrogens (tertiary/aromatic N) is 2. The summed E-state index contributed by atoms with van der Waals surface area (Å²) in [4.78, 5) is 48.0. The van der Waals surface area contributed by atoms with Gasteiger partial charge in [-0.25, -0.2) is 4.90 Å². The summed E-state index contributed by atoms with van der Waals surface area (Å²) in [6.07, 6.45) is 2.63. The fraction of sp³-hybridized carbons (Fsp3) is 0.438. The Morgan fingerprint density at radius 1 is 1.12 bits per heavy atom. The van der Waals surface area contributed by atoms with E-state index in [1.807, 2.05) is 0 Å². The van der Waals surface area contributed by atoms with Gasteiger partial charge in [-0.15, -0.1) is 0 Å². The van der Waals surface area contributed by atoms with Crippen LogP contribution in [0, 0.1) is 33.8 Å². The van der Waals surface area contributed by atoms with Crippen molar-refractivity contribution in [3.8, 4) is 0 Å². The SMILES string of the molecule is O=C([O-])c1ccc([N+](=O)[O-])cc1N1C(=O)[C@@H]2[C@@H]3CC[C@@H](C3)[C@@H]2C1=O. The number of anilines is 1. The lowest BCUT2D eigenvalue weighted by Gasteiger charge is -2.20. The number of non-ortho nitro benzene ring substituents is 1. The average molecular weight is 329 g/mol. The minimum atomic E-state index is -1.58. The molecule has 1 saturated heterocycles. The third-order valence-electron chi connectivity index (χ3n) is 5.58. The van der Waals surface area contributed by atoms with E-state index in [0.717, 1.165) is 42.4 Å². The van der Waals surface area contributed by atoms with Crippen molar-refractivity contribution in [1.29, 1.82) is 0 Å². The quantitative estimate of drug-likeness (QED) is 0.452. The normalized spacial score (nSPS) is 30.8. The number of nitro benzene ring substituents is 1. The number of hydrogen-bond donors (Lipinski definition) is 0. The number of benzene rings is 1. The highest BCUT2D eigenvalue weighted by molar-refractivity contribution is 6.24. The zero-order chi connectivity index (χ0) is 17.2. The largest absolute Gasteiger partial charge is 0.545 e. The van der Waals surface area contributed by atoms with Crippen molar-refractivity contribution in [1.82, 2.24) is 0 Å². The third-order valence-corrected chi connectivity index (χ3v) is 5.58. The van der Waals surface area contributed by atoms with Crippen molar-refractivity contribution in [2.75, 3.05) is 4.90 Å². The molecule has 0 unspecified atom stereocenters. The zero-order valence-electron chi connectivity index (χ0n) is 12.5. The Labute approximate surface area is 136 Å². The van der Waals surface area contributed by atoms with Gasteiger partial charge < -0.3 is 9.90 Å². The number of rotatable bonds is 3. The van der Waals surface area contributed by atoms with Gasteiger partial charge in [0.25, 0.3) is 5.69 Å². The van der Waals surface area contributed by atoms with Crippen LogP contribution in [0.2, 0.25) is 0 Å². The summed E-state index contributed by atoms with van der Waals surface area (Å²) in [7, 11) is 0. The average Bonchev–Trinajstić information content (AvgIpc) is 3.20. The molecule has 3 aliphatic rings. The molecule has 0 aromatic heterocycles. The molecule has 0 radical (unpaired) electrons. The van der Waals surface area contributed by atoms with E-state index in [2.05, 4.69) is 0 Å². The molecule has 2 aliphatic carbocycles. The summed E-state index contributed by atoms with van der Waals surface area (Å²) < 4.78 is 0. The number of nitro groups is 1. The predicted molar refractivity (Wildman–Crippen MR) is 77.7 cm³/mol. The van der Waals surface area contributed by atoms with Gasteiger partial charge in [-0.1, -0.05) is 0 Å². The van der Waals surface area contributed by atoms with Crippen LogP contribution in [0.15, 0.2) is 18.2 Å². The van der Waals surface area contributed by atoms with Gasteiger partial charge in [-0.2, -0.15) is 0 Å². The number of aromatic carboxylic acids is 1. The Bertz CT molecular complexity index is 776. The summed E-state index contributed by atoms with van der Waals surface area (Å²) >= 11 is 0. The van der Waals surface area contributed by atoms with Crippen molar-refractivity contribution in [3.63, 3.8) is 0 Å². The second-order valence-electron chi connectivity index (χ2n) is 6.64. The highest BCUT2D eigenvalue weighted by Crippen LogP contribution is 2.56. The summed E-state index contributed by atoms with van der Waals surface area (Å²) in [5.74, 6) is -3.03. The molecule has 3 fully saturated rings. The van der Waals surface area contributed by atoms with Crippen LogP contribution in [-0.4, -0.2) is 22.7 Å². The van der Waals surface area contributed by atoms with E-state index in [1.54, 1.807) is 0 Å². The molecule has 8 heteroatoms. The van der Waals surface area contributed by atoms with Gasteiger partial charge in [0.05, 0.1) is 28.4 Å². The molecule has 1 aliphatic heterocycles.